The number of aliphatic hydroxyl groups is 1. The smallest absolute Gasteiger partial charge is 0.322 e. The largest absolute Gasteiger partial charge is 0.468 e. The van der Waals surface area contributed by atoms with Crippen molar-refractivity contribution in [3.05, 3.63) is 0 Å². The van der Waals surface area contributed by atoms with Crippen molar-refractivity contribution in [3.8, 4) is 0 Å². The summed E-state index contributed by atoms with van der Waals surface area (Å²) in [5, 5.41) is 8.58. The zero-order chi connectivity index (χ0) is 10.2. The summed E-state index contributed by atoms with van der Waals surface area (Å²) in [4.78, 5) is 22.5. The van der Waals surface area contributed by atoms with Crippen LogP contribution in [0.5, 0.6) is 0 Å². The summed E-state index contributed by atoms with van der Waals surface area (Å²) in [6.45, 7) is 3.03. The Labute approximate surface area is 80.6 Å². The molecule has 0 aromatic carbocycles. The van der Waals surface area contributed by atoms with Crippen LogP contribution in [0.15, 0.2) is 0 Å². The quantitative estimate of drug-likeness (QED) is 0.608. The molecule has 3 unspecified atom stereocenters. The number of ether oxygens (including phenoxy) is 1. The van der Waals surface area contributed by atoms with Gasteiger partial charge in [0.25, 0.3) is 0 Å². The number of esters is 1. The fraction of sp³-hybridized carbons (Fsp3) is 0.750. The molecule has 1 aliphatic rings. The van der Waals surface area contributed by atoms with Crippen LogP contribution in [-0.4, -0.2) is 40.1 Å². The Kier molecular flexibility index (Phi) is 2.68. The molecule has 1 saturated heterocycles. The van der Waals surface area contributed by atoms with Crippen molar-refractivity contribution in [1.29, 1.82) is 0 Å². The highest BCUT2D eigenvalue weighted by Gasteiger charge is 2.53. The number of Topliss-reactive ketones (excluding diaryl/α,β-unsaturated/α-hetero) is 1. The van der Waals surface area contributed by atoms with Crippen molar-refractivity contribution in [2.24, 2.45) is 0 Å². The van der Waals surface area contributed by atoms with Crippen LogP contribution < -0.4 is 0 Å². The minimum Gasteiger partial charge on any atom is -0.468 e. The third kappa shape index (κ3) is 1.58. The van der Waals surface area contributed by atoms with Crippen LogP contribution in [0, 0.1) is 0 Å². The van der Waals surface area contributed by atoms with Gasteiger partial charge in [-0.1, -0.05) is 0 Å². The summed E-state index contributed by atoms with van der Waals surface area (Å²) < 4.78 is 4.49. The van der Waals surface area contributed by atoms with Gasteiger partial charge in [-0.15, -0.1) is 11.8 Å². The molecule has 1 N–H and O–H groups in total. The summed E-state index contributed by atoms with van der Waals surface area (Å²) in [6, 6.07) is 0. The van der Waals surface area contributed by atoms with Gasteiger partial charge in [0, 0.05) is 0 Å². The minimum absolute atomic E-state index is 0.312. The fourth-order valence-electron chi connectivity index (χ4n) is 1.33. The highest BCUT2D eigenvalue weighted by molar-refractivity contribution is 8.02. The first-order valence-corrected chi connectivity index (χ1v) is 4.85. The maximum atomic E-state index is 11.4. The highest BCUT2D eigenvalue weighted by atomic mass is 32.2. The van der Waals surface area contributed by atoms with Crippen molar-refractivity contribution in [2.75, 3.05) is 7.11 Å². The average Bonchev–Trinajstić information content (AvgIpc) is 2.28. The third-order valence-corrected chi connectivity index (χ3v) is 3.68. The molecule has 13 heavy (non-hydrogen) atoms. The Balaban J connectivity index is 2.90. The molecule has 3 atom stereocenters. The standard InChI is InChI=1S/C8H12O4S/c1-4-5(9)8(2,11)6(13-4)7(10)12-3/h4,6,11H,1-3H3. The lowest BCUT2D eigenvalue weighted by Gasteiger charge is -2.20. The summed E-state index contributed by atoms with van der Waals surface area (Å²) in [7, 11) is 1.24. The van der Waals surface area contributed by atoms with Gasteiger partial charge in [0.2, 0.25) is 0 Å². The van der Waals surface area contributed by atoms with Gasteiger partial charge in [-0.05, 0) is 13.8 Å². The summed E-state index contributed by atoms with van der Waals surface area (Å²) in [6.07, 6.45) is 0. The zero-order valence-electron chi connectivity index (χ0n) is 7.73. The summed E-state index contributed by atoms with van der Waals surface area (Å²) in [5.41, 5.74) is -1.59. The van der Waals surface area contributed by atoms with Gasteiger partial charge in [0.15, 0.2) is 5.78 Å². The molecule has 0 saturated carbocycles. The first-order valence-electron chi connectivity index (χ1n) is 3.91. The van der Waals surface area contributed by atoms with Crippen molar-refractivity contribution in [1.82, 2.24) is 0 Å². The van der Waals surface area contributed by atoms with E-state index in [-0.39, 0.29) is 11.0 Å². The predicted octanol–water partition coefficient (Wildman–Crippen LogP) is -0.0166. The van der Waals surface area contributed by atoms with Gasteiger partial charge in [-0.3, -0.25) is 9.59 Å². The van der Waals surface area contributed by atoms with E-state index in [0.717, 1.165) is 11.8 Å². The van der Waals surface area contributed by atoms with Gasteiger partial charge in [-0.25, -0.2) is 0 Å². The van der Waals surface area contributed by atoms with Crippen LogP contribution in [0.4, 0.5) is 0 Å². The van der Waals surface area contributed by atoms with E-state index in [9.17, 15) is 14.7 Å². The molecule has 1 rings (SSSR count). The van der Waals surface area contributed by atoms with Crippen LogP contribution in [0.1, 0.15) is 13.8 Å². The van der Waals surface area contributed by atoms with E-state index < -0.39 is 16.8 Å². The van der Waals surface area contributed by atoms with E-state index >= 15 is 0 Å². The Hall–Kier alpha value is -0.550. The van der Waals surface area contributed by atoms with E-state index in [1.165, 1.54) is 14.0 Å². The zero-order valence-corrected chi connectivity index (χ0v) is 8.55. The highest BCUT2D eigenvalue weighted by Crippen LogP contribution is 2.38. The predicted molar refractivity (Wildman–Crippen MR) is 48.5 cm³/mol. The van der Waals surface area contributed by atoms with Gasteiger partial charge in [0.05, 0.1) is 12.4 Å². The van der Waals surface area contributed by atoms with Crippen LogP contribution in [0.2, 0.25) is 0 Å². The SMILES string of the molecule is COC(=O)C1SC(C)C(=O)C1(C)O. The average molecular weight is 204 g/mol. The molecule has 0 aliphatic carbocycles. The second kappa shape index (κ2) is 3.31. The normalized spacial score (nSPS) is 39.2. The second-order valence-electron chi connectivity index (χ2n) is 3.19. The van der Waals surface area contributed by atoms with Gasteiger partial charge < -0.3 is 9.84 Å². The first kappa shape index (κ1) is 10.5. The molecule has 0 bridgehead atoms. The lowest BCUT2D eigenvalue weighted by molar-refractivity contribution is -0.149. The topological polar surface area (TPSA) is 63.6 Å². The summed E-state index contributed by atoms with van der Waals surface area (Å²) in [5.74, 6) is -0.861. The number of rotatable bonds is 1. The molecule has 4 nitrogen and oxygen atoms in total. The molecule has 1 fully saturated rings. The number of thioether (sulfide) groups is 1. The molecule has 0 amide bonds. The first-order chi connectivity index (χ1) is 5.91. The Morgan fingerprint density at radius 3 is 2.54 bits per heavy atom. The van der Waals surface area contributed by atoms with Crippen molar-refractivity contribution >= 4 is 23.5 Å². The van der Waals surface area contributed by atoms with Gasteiger partial charge >= 0.3 is 5.97 Å². The second-order valence-corrected chi connectivity index (χ2v) is 4.64. The van der Waals surface area contributed by atoms with Crippen molar-refractivity contribution in [2.45, 2.75) is 29.9 Å². The van der Waals surface area contributed by atoms with Crippen molar-refractivity contribution < 1.29 is 19.4 Å². The van der Waals surface area contributed by atoms with E-state index in [4.69, 9.17) is 0 Å². The number of hydrogen-bond donors (Lipinski definition) is 1. The number of methoxy groups -OCH3 is 1. The molecule has 5 heteroatoms. The molecule has 1 heterocycles. The molecule has 0 aromatic rings. The van der Waals surface area contributed by atoms with E-state index in [0.29, 0.717) is 0 Å². The van der Waals surface area contributed by atoms with E-state index in [1.807, 2.05) is 0 Å². The maximum Gasteiger partial charge on any atom is 0.322 e. The summed E-state index contributed by atoms with van der Waals surface area (Å²) >= 11 is 1.14. The maximum absolute atomic E-state index is 11.4. The number of carbonyl (C=O) groups is 2. The molecule has 0 aromatic heterocycles. The molecule has 0 radical (unpaired) electrons. The molecule has 74 valence electrons. The monoisotopic (exact) mass is 204 g/mol. The Bertz CT molecular complexity index is 249. The van der Waals surface area contributed by atoms with Gasteiger partial charge in [0.1, 0.15) is 10.9 Å². The molecule has 0 spiro atoms. The number of ketones is 1. The number of hydrogen-bond acceptors (Lipinski definition) is 5. The van der Waals surface area contributed by atoms with Crippen LogP contribution >= 0.6 is 11.8 Å². The third-order valence-electron chi connectivity index (χ3n) is 2.13. The number of carbonyl (C=O) groups excluding carboxylic acids is 2. The fourth-order valence-corrected chi connectivity index (χ4v) is 2.69. The molecular weight excluding hydrogens is 192 g/mol. The van der Waals surface area contributed by atoms with Crippen LogP contribution in [0.25, 0.3) is 0 Å². The Morgan fingerprint density at radius 1 is 1.69 bits per heavy atom. The van der Waals surface area contributed by atoms with E-state index in [2.05, 4.69) is 4.74 Å². The lowest BCUT2D eigenvalue weighted by Crippen LogP contribution is -2.45. The van der Waals surface area contributed by atoms with Gasteiger partial charge in [-0.2, -0.15) is 0 Å². The van der Waals surface area contributed by atoms with Crippen LogP contribution in [-0.2, 0) is 14.3 Å². The minimum atomic E-state index is -1.59. The molecular formula is C8H12O4S. The van der Waals surface area contributed by atoms with Crippen LogP contribution in [0.3, 0.4) is 0 Å². The lowest BCUT2D eigenvalue weighted by atomic mass is 9.95. The Morgan fingerprint density at radius 2 is 2.23 bits per heavy atom. The van der Waals surface area contributed by atoms with E-state index in [1.54, 1.807) is 6.92 Å². The molecule has 1 aliphatic heterocycles. The van der Waals surface area contributed by atoms with Crippen molar-refractivity contribution in [3.63, 3.8) is 0 Å².